The molecule has 1 heterocycles. The minimum absolute atomic E-state index is 0.426. The number of hydrogen-bond donors (Lipinski definition) is 0. The first-order valence-electron chi connectivity index (χ1n) is 5.67. The quantitative estimate of drug-likeness (QED) is 0.747. The number of aliphatic imine (C=N–C) groups is 1. The fourth-order valence-corrected chi connectivity index (χ4v) is 1.90. The van der Waals surface area contributed by atoms with Gasteiger partial charge in [-0.05, 0) is 30.7 Å². The minimum atomic E-state index is 0.426. The highest BCUT2D eigenvalue weighted by atomic mass is 16.5. The van der Waals surface area contributed by atoms with Gasteiger partial charge in [-0.15, -0.1) is 0 Å². The van der Waals surface area contributed by atoms with E-state index in [1.54, 1.807) is 7.11 Å². The number of amidine groups is 1. The van der Waals surface area contributed by atoms with Gasteiger partial charge in [-0.2, -0.15) is 5.26 Å². The van der Waals surface area contributed by atoms with Crippen molar-refractivity contribution in [3.63, 3.8) is 0 Å². The second kappa shape index (κ2) is 5.35. The number of nitrogens with zero attached hydrogens (tertiary/aromatic N) is 3. The van der Waals surface area contributed by atoms with Crippen LogP contribution in [-0.2, 0) is 0 Å². The molecule has 88 valence electrons. The first-order valence-corrected chi connectivity index (χ1v) is 5.67. The van der Waals surface area contributed by atoms with Gasteiger partial charge in [-0.1, -0.05) is 0 Å². The van der Waals surface area contributed by atoms with E-state index >= 15 is 0 Å². The Morgan fingerprint density at radius 3 is 2.82 bits per heavy atom. The van der Waals surface area contributed by atoms with Crippen molar-refractivity contribution in [2.24, 2.45) is 4.99 Å². The maximum atomic E-state index is 8.72. The lowest BCUT2D eigenvalue weighted by atomic mass is 10.3. The molecule has 4 nitrogen and oxygen atoms in total. The van der Waals surface area contributed by atoms with Gasteiger partial charge in [-0.3, -0.25) is 0 Å². The molecule has 0 spiro atoms. The Bertz CT molecular complexity index is 445. The van der Waals surface area contributed by atoms with Crippen molar-refractivity contribution in [3.8, 4) is 11.8 Å². The van der Waals surface area contributed by atoms with Gasteiger partial charge in [0.05, 0.1) is 18.9 Å². The molecule has 1 fully saturated rings. The molecule has 17 heavy (non-hydrogen) atoms. The zero-order valence-corrected chi connectivity index (χ0v) is 9.89. The van der Waals surface area contributed by atoms with E-state index in [-0.39, 0.29) is 0 Å². The molecule has 0 atom stereocenters. The smallest absolute Gasteiger partial charge is 0.119 e. The highest BCUT2D eigenvalue weighted by Crippen LogP contribution is 2.21. The number of hydrogen-bond acceptors (Lipinski definition) is 3. The van der Waals surface area contributed by atoms with Crippen LogP contribution >= 0.6 is 0 Å². The molecule has 2 rings (SSSR count). The van der Waals surface area contributed by atoms with Crippen LogP contribution in [0.1, 0.15) is 12.8 Å². The van der Waals surface area contributed by atoms with E-state index in [2.05, 4.69) is 11.1 Å². The highest BCUT2D eigenvalue weighted by molar-refractivity contribution is 5.86. The van der Waals surface area contributed by atoms with Crippen molar-refractivity contribution in [2.45, 2.75) is 12.8 Å². The fraction of sp³-hybridized carbons (Fsp3) is 0.385. The molecule has 1 aromatic rings. The number of nitriles is 1. The largest absolute Gasteiger partial charge is 0.497 e. The lowest BCUT2D eigenvalue weighted by Crippen LogP contribution is -2.24. The summed E-state index contributed by atoms with van der Waals surface area (Å²) < 4.78 is 5.10. The molecular formula is C13H15N3O. The lowest BCUT2D eigenvalue weighted by molar-refractivity contribution is 0.415. The molecule has 0 aromatic heterocycles. The Balaban J connectivity index is 2.14. The average Bonchev–Trinajstić information content (AvgIpc) is 2.78. The third-order valence-electron chi connectivity index (χ3n) is 2.79. The molecule has 0 unspecified atom stereocenters. The van der Waals surface area contributed by atoms with Gasteiger partial charge in [0.15, 0.2) is 0 Å². The summed E-state index contributed by atoms with van der Waals surface area (Å²) in [7, 11) is 1.65. The SMILES string of the molecule is COc1ccc(N=C2CCCN2CC#N)cc1. The Kier molecular flexibility index (Phi) is 3.61. The van der Waals surface area contributed by atoms with Crippen LogP contribution in [0.25, 0.3) is 0 Å². The second-order valence-corrected chi connectivity index (χ2v) is 3.91. The number of likely N-dealkylation sites (tertiary alicyclic amines) is 1. The first kappa shape index (κ1) is 11.5. The molecular weight excluding hydrogens is 214 g/mol. The summed E-state index contributed by atoms with van der Waals surface area (Å²) in [6, 6.07) is 9.80. The summed E-state index contributed by atoms with van der Waals surface area (Å²) in [4.78, 5) is 6.60. The average molecular weight is 229 g/mol. The van der Waals surface area contributed by atoms with Gasteiger partial charge in [-0.25, -0.2) is 4.99 Å². The van der Waals surface area contributed by atoms with Crippen LogP contribution in [-0.4, -0.2) is 30.9 Å². The predicted molar refractivity (Wildman–Crippen MR) is 66.5 cm³/mol. The van der Waals surface area contributed by atoms with Crippen molar-refractivity contribution in [2.75, 3.05) is 20.2 Å². The summed E-state index contributed by atoms with van der Waals surface area (Å²) in [6.07, 6.45) is 2.03. The van der Waals surface area contributed by atoms with Gasteiger partial charge >= 0.3 is 0 Å². The van der Waals surface area contributed by atoms with Gasteiger partial charge in [0, 0.05) is 13.0 Å². The van der Waals surface area contributed by atoms with Crippen LogP contribution in [0.4, 0.5) is 5.69 Å². The van der Waals surface area contributed by atoms with E-state index in [0.717, 1.165) is 36.7 Å². The van der Waals surface area contributed by atoms with Crippen molar-refractivity contribution in [1.29, 1.82) is 5.26 Å². The second-order valence-electron chi connectivity index (χ2n) is 3.91. The summed E-state index contributed by atoms with van der Waals surface area (Å²) in [5.74, 6) is 1.84. The van der Waals surface area contributed by atoms with Crippen molar-refractivity contribution in [1.82, 2.24) is 4.90 Å². The third-order valence-corrected chi connectivity index (χ3v) is 2.79. The summed E-state index contributed by atoms with van der Waals surface area (Å²) in [5.41, 5.74) is 0.908. The Morgan fingerprint density at radius 1 is 1.41 bits per heavy atom. The molecule has 0 saturated carbocycles. The van der Waals surface area contributed by atoms with Crippen LogP contribution in [0, 0.1) is 11.3 Å². The summed E-state index contributed by atoms with van der Waals surface area (Å²) in [6.45, 7) is 1.36. The van der Waals surface area contributed by atoms with Crippen LogP contribution in [0.2, 0.25) is 0 Å². The van der Waals surface area contributed by atoms with Gasteiger partial charge in [0.1, 0.15) is 18.1 Å². The van der Waals surface area contributed by atoms with E-state index in [1.807, 2.05) is 29.2 Å². The standard InChI is InChI=1S/C13H15N3O/c1-17-12-6-4-11(5-7-12)15-13-3-2-9-16(13)10-8-14/h4-7H,2-3,9-10H2,1H3. The Hall–Kier alpha value is -2.02. The highest BCUT2D eigenvalue weighted by Gasteiger charge is 2.17. The van der Waals surface area contributed by atoms with E-state index in [4.69, 9.17) is 10.00 Å². The number of benzene rings is 1. The lowest BCUT2D eigenvalue weighted by Gasteiger charge is -2.14. The summed E-state index contributed by atoms with van der Waals surface area (Å²) in [5, 5.41) is 8.72. The van der Waals surface area contributed by atoms with Crippen LogP contribution in [0.3, 0.4) is 0 Å². The third kappa shape index (κ3) is 2.76. The molecule has 0 aliphatic carbocycles. The number of ether oxygens (including phenoxy) is 1. The summed E-state index contributed by atoms with van der Waals surface area (Å²) >= 11 is 0. The molecule has 1 aliphatic heterocycles. The van der Waals surface area contributed by atoms with Crippen molar-refractivity contribution < 1.29 is 4.74 Å². The molecule has 1 aromatic carbocycles. The van der Waals surface area contributed by atoms with Crippen LogP contribution < -0.4 is 4.74 Å². The molecule has 0 radical (unpaired) electrons. The minimum Gasteiger partial charge on any atom is -0.497 e. The predicted octanol–water partition coefficient (Wildman–Crippen LogP) is 2.34. The van der Waals surface area contributed by atoms with E-state index in [1.165, 1.54) is 0 Å². The molecule has 1 aliphatic rings. The van der Waals surface area contributed by atoms with Crippen LogP contribution in [0.15, 0.2) is 29.3 Å². The van der Waals surface area contributed by atoms with Crippen LogP contribution in [0.5, 0.6) is 5.75 Å². The molecule has 0 N–H and O–H groups in total. The normalized spacial score (nSPS) is 17.2. The van der Waals surface area contributed by atoms with Gasteiger partial charge in [0.25, 0.3) is 0 Å². The van der Waals surface area contributed by atoms with E-state index in [9.17, 15) is 0 Å². The fourth-order valence-electron chi connectivity index (χ4n) is 1.90. The first-order chi connectivity index (χ1) is 8.33. The molecule has 0 amide bonds. The van der Waals surface area contributed by atoms with Gasteiger partial charge < -0.3 is 9.64 Å². The van der Waals surface area contributed by atoms with Crippen molar-refractivity contribution in [3.05, 3.63) is 24.3 Å². The van der Waals surface area contributed by atoms with Crippen molar-refractivity contribution >= 4 is 11.5 Å². The molecule has 4 heteroatoms. The number of rotatable bonds is 3. The van der Waals surface area contributed by atoms with Gasteiger partial charge in [0.2, 0.25) is 0 Å². The molecule has 0 bridgehead atoms. The Labute approximate surface area is 101 Å². The maximum absolute atomic E-state index is 8.72. The maximum Gasteiger partial charge on any atom is 0.119 e. The zero-order chi connectivity index (χ0) is 12.1. The van der Waals surface area contributed by atoms with E-state index < -0.39 is 0 Å². The number of methoxy groups -OCH3 is 1. The zero-order valence-electron chi connectivity index (χ0n) is 9.89. The monoisotopic (exact) mass is 229 g/mol. The molecule has 1 saturated heterocycles. The Morgan fingerprint density at radius 2 is 2.18 bits per heavy atom. The van der Waals surface area contributed by atoms with E-state index in [0.29, 0.717) is 6.54 Å². The topological polar surface area (TPSA) is 48.6 Å².